The minimum absolute atomic E-state index is 0.0854. The van der Waals surface area contributed by atoms with Crippen molar-refractivity contribution in [3.05, 3.63) is 74.8 Å². The highest BCUT2D eigenvalue weighted by Gasteiger charge is 2.06. The molecule has 2 aromatic carbocycles. The lowest BCUT2D eigenvalue weighted by atomic mass is 10.2. The maximum Gasteiger partial charge on any atom is 0.276 e. The van der Waals surface area contributed by atoms with Crippen molar-refractivity contribution in [3.63, 3.8) is 0 Å². The van der Waals surface area contributed by atoms with Crippen LogP contribution in [0.3, 0.4) is 0 Å². The van der Waals surface area contributed by atoms with Crippen LogP contribution in [0.2, 0.25) is 0 Å². The SMILES string of the molecule is O=C(/C=C/c1cccc([N+](=O)[O-])c1)NC(=S)NNC(=O)COc1ccc(Br)cc1. The Morgan fingerprint density at radius 3 is 2.59 bits per heavy atom. The van der Waals surface area contributed by atoms with E-state index < -0.39 is 16.7 Å². The number of nitro groups is 1. The van der Waals surface area contributed by atoms with E-state index in [1.54, 1.807) is 30.3 Å². The molecule has 11 heteroatoms. The summed E-state index contributed by atoms with van der Waals surface area (Å²) in [6, 6.07) is 12.7. The molecule has 0 radical (unpaired) electrons. The maximum absolute atomic E-state index is 11.8. The van der Waals surface area contributed by atoms with Crippen LogP contribution in [0.15, 0.2) is 59.1 Å². The van der Waals surface area contributed by atoms with Crippen molar-refractivity contribution in [2.75, 3.05) is 6.61 Å². The van der Waals surface area contributed by atoms with Gasteiger partial charge in [-0.1, -0.05) is 28.1 Å². The molecule has 150 valence electrons. The molecule has 9 nitrogen and oxygen atoms in total. The molecule has 2 rings (SSSR count). The monoisotopic (exact) mass is 478 g/mol. The van der Waals surface area contributed by atoms with Gasteiger partial charge in [0.2, 0.25) is 5.91 Å². The molecule has 0 fully saturated rings. The number of rotatable bonds is 6. The number of ether oxygens (including phenoxy) is 1. The van der Waals surface area contributed by atoms with Crippen molar-refractivity contribution in [2.24, 2.45) is 0 Å². The Morgan fingerprint density at radius 2 is 1.90 bits per heavy atom. The lowest BCUT2D eigenvalue weighted by molar-refractivity contribution is -0.384. The number of benzene rings is 2. The van der Waals surface area contributed by atoms with Gasteiger partial charge in [-0.05, 0) is 48.1 Å². The number of thiocarbonyl (C=S) groups is 1. The van der Waals surface area contributed by atoms with Crippen LogP contribution in [-0.2, 0) is 9.59 Å². The smallest absolute Gasteiger partial charge is 0.276 e. The summed E-state index contributed by atoms with van der Waals surface area (Å²) in [5, 5.41) is 12.9. The van der Waals surface area contributed by atoms with Gasteiger partial charge in [-0.15, -0.1) is 0 Å². The number of hydrogen-bond acceptors (Lipinski definition) is 6. The fraction of sp³-hybridized carbons (Fsp3) is 0.0556. The Morgan fingerprint density at radius 1 is 1.17 bits per heavy atom. The van der Waals surface area contributed by atoms with E-state index in [4.69, 9.17) is 17.0 Å². The normalized spacial score (nSPS) is 10.2. The summed E-state index contributed by atoms with van der Waals surface area (Å²) in [6.07, 6.45) is 2.56. The van der Waals surface area contributed by atoms with Crippen molar-refractivity contribution < 1.29 is 19.2 Å². The van der Waals surface area contributed by atoms with Gasteiger partial charge in [0, 0.05) is 22.7 Å². The third kappa shape index (κ3) is 8.07. The van der Waals surface area contributed by atoms with Gasteiger partial charge in [-0.2, -0.15) is 0 Å². The number of nitrogens with zero attached hydrogens (tertiary/aromatic N) is 1. The molecule has 0 aromatic heterocycles. The number of carbonyl (C=O) groups excluding carboxylic acids is 2. The third-order valence-corrected chi connectivity index (χ3v) is 3.98. The number of non-ortho nitro benzene ring substituents is 1. The molecule has 2 aromatic rings. The van der Waals surface area contributed by atoms with E-state index in [0.717, 1.165) is 10.5 Å². The van der Waals surface area contributed by atoms with Crippen molar-refractivity contribution in [1.29, 1.82) is 0 Å². The molecule has 29 heavy (non-hydrogen) atoms. The van der Waals surface area contributed by atoms with Crippen molar-refractivity contribution >= 4 is 56.8 Å². The standard InChI is InChI=1S/C18H15BrN4O5S/c19-13-5-7-15(8-6-13)28-11-17(25)21-22-18(29)20-16(24)9-4-12-2-1-3-14(10-12)23(26)27/h1-10H,11H2,(H,21,25)(H2,20,22,24,29)/b9-4+. The molecular formula is C18H15BrN4O5S. The van der Waals surface area contributed by atoms with Crippen LogP contribution in [-0.4, -0.2) is 28.5 Å². The van der Waals surface area contributed by atoms with E-state index >= 15 is 0 Å². The molecule has 0 atom stereocenters. The Labute approximate surface area is 179 Å². The molecule has 3 N–H and O–H groups in total. The fourth-order valence-corrected chi connectivity index (χ4v) is 2.36. The highest BCUT2D eigenvalue weighted by Crippen LogP contribution is 2.16. The quantitative estimate of drug-likeness (QED) is 0.252. The molecule has 0 aliphatic heterocycles. The first kappa shape index (κ1) is 22.0. The van der Waals surface area contributed by atoms with Gasteiger partial charge in [-0.3, -0.25) is 35.9 Å². The summed E-state index contributed by atoms with van der Waals surface area (Å²) in [7, 11) is 0. The second-order valence-electron chi connectivity index (χ2n) is 5.42. The molecule has 0 bridgehead atoms. The Kier molecular flexibility index (Phi) is 8.25. The summed E-state index contributed by atoms with van der Waals surface area (Å²) >= 11 is 8.19. The van der Waals surface area contributed by atoms with Crippen LogP contribution < -0.4 is 20.9 Å². The van der Waals surface area contributed by atoms with Crippen molar-refractivity contribution in [2.45, 2.75) is 0 Å². The summed E-state index contributed by atoms with van der Waals surface area (Å²) in [5.74, 6) is -0.559. The zero-order valence-electron chi connectivity index (χ0n) is 14.8. The summed E-state index contributed by atoms with van der Waals surface area (Å²) < 4.78 is 6.17. The first-order valence-electron chi connectivity index (χ1n) is 8.04. The van der Waals surface area contributed by atoms with Crippen molar-refractivity contribution in [1.82, 2.24) is 16.2 Å². The number of hydrogen-bond donors (Lipinski definition) is 3. The average molecular weight is 479 g/mol. The van der Waals surface area contributed by atoms with E-state index in [1.807, 2.05) is 0 Å². The van der Waals surface area contributed by atoms with Gasteiger partial charge >= 0.3 is 0 Å². The second kappa shape index (κ2) is 10.9. The Hall–Kier alpha value is -3.31. The van der Waals surface area contributed by atoms with Crippen molar-refractivity contribution in [3.8, 4) is 5.75 Å². The molecule has 0 unspecified atom stereocenters. The van der Waals surface area contributed by atoms with Crippen LogP contribution >= 0.6 is 28.1 Å². The summed E-state index contributed by atoms with van der Waals surface area (Å²) in [5.41, 5.74) is 5.05. The number of carbonyl (C=O) groups is 2. The molecule has 0 spiro atoms. The van der Waals surface area contributed by atoms with Gasteiger partial charge in [0.25, 0.3) is 11.6 Å². The highest BCUT2D eigenvalue weighted by atomic mass is 79.9. The van der Waals surface area contributed by atoms with Gasteiger partial charge < -0.3 is 4.74 Å². The van der Waals surface area contributed by atoms with E-state index in [0.29, 0.717) is 11.3 Å². The highest BCUT2D eigenvalue weighted by molar-refractivity contribution is 9.10. The molecule has 0 saturated carbocycles. The number of hydrazine groups is 1. The number of halogens is 1. The van der Waals surface area contributed by atoms with Crippen LogP contribution in [0.1, 0.15) is 5.56 Å². The second-order valence-corrected chi connectivity index (χ2v) is 6.74. The third-order valence-electron chi connectivity index (χ3n) is 3.24. The minimum atomic E-state index is -0.575. The molecule has 0 saturated heterocycles. The first-order chi connectivity index (χ1) is 13.8. The number of nitrogens with one attached hydrogen (secondary N) is 3. The predicted molar refractivity (Wildman–Crippen MR) is 114 cm³/mol. The van der Waals surface area contributed by atoms with E-state index in [9.17, 15) is 19.7 Å². The zero-order chi connectivity index (χ0) is 21.2. The fourth-order valence-electron chi connectivity index (χ4n) is 1.94. The van der Waals surface area contributed by atoms with Gasteiger partial charge in [0.1, 0.15) is 5.75 Å². The Balaban J connectivity index is 1.73. The van der Waals surface area contributed by atoms with Gasteiger partial charge in [0.05, 0.1) is 4.92 Å². The van der Waals surface area contributed by atoms with Crippen LogP contribution in [0.4, 0.5) is 5.69 Å². The van der Waals surface area contributed by atoms with Crippen LogP contribution in [0.5, 0.6) is 5.75 Å². The average Bonchev–Trinajstić information content (AvgIpc) is 2.70. The van der Waals surface area contributed by atoms with E-state index in [2.05, 4.69) is 32.1 Å². The molecule has 0 aliphatic rings. The van der Waals surface area contributed by atoms with E-state index in [-0.39, 0.29) is 17.4 Å². The summed E-state index contributed by atoms with van der Waals surface area (Å²) in [4.78, 5) is 33.8. The minimum Gasteiger partial charge on any atom is -0.484 e. The Bertz CT molecular complexity index is 950. The maximum atomic E-state index is 11.8. The molecule has 0 heterocycles. The zero-order valence-corrected chi connectivity index (χ0v) is 17.2. The lowest BCUT2D eigenvalue weighted by Gasteiger charge is -2.10. The number of nitro benzene ring substituents is 1. The van der Waals surface area contributed by atoms with E-state index in [1.165, 1.54) is 24.3 Å². The topological polar surface area (TPSA) is 123 Å². The first-order valence-corrected chi connectivity index (χ1v) is 9.24. The largest absolute Gasteiger partial charge is 0.484 e. The molecular weight excluding hydrogens is 464 g/mol. The lowest BCUT2D eigenvalue weighted by Crippen LogP contribution is -2.49. The van der Waals surface area contributed by atoms with Crippen LogP contribution in [0, 0.1) is 10.1 Å². The van der Waals surface area contributed by atoms with Crippen LogP contribution in [0.25, 0.3) is 6.08 Å². The number of amides is 2. The molecule has 2 amide bonds. The van der Waals surface area contributed by atoms with Gasteiger partial charge in [0.15, 0.2) is 11.7 Å². The summed E-state index contributed by atoms with van der Waals surface area (Å²) in [6.45, 7) is -0.252. The molecule has 0 aliphatic carbocycles. The van der Waals surface area contributed by atoms with Gasteiger partial charge in [-0.25, -0.2) is 0 Å². The predicted octanol–water partition coefficient (Wildman–Crippen LogP) is 2.47.